The van der Waals surface area contributed by atoms with Gasteiger partial charge in [0.05, 0.1) is 18.8 Å². The molecule has 1 aliphatic heterocycles. The molecule has 1 aromatic rings. The summed E-state index contributed by atoms with van der Waals surface area (Å²) in [5.41, 5.74) is 7.33. The number of anilines is 1. The summed E-state index contributed by atoms with van der Waals surface area (Å²) >= 11 is 0. The third-order valence-electron chi connectivity index (χ3n) is 3.88. The Kier molecular flexibility index (Phi) is 4.45. The van der Waals surface area contributed by atoms with E-state index < -0.39 is 5.54 Å². The molecule has 4 nitrogen and oxygen atoms in total. The molecule has 110 valence electrons. The monoisotopic (exact) mass is 276 g/mol. The average Bonchev–Trinajstić information content (AvgIpc) is 2.47. The Balaban J connectivity index is 2.17. The van der Waals surface area contributed by atoms with E-state index in [0.29, 0.717) is 0 Å². The largest absolute Gasteiger partial charge is 0.378 e. The lowest BCUT2D eigenvalue weighted by Gasteiger charge is -2.30. The Morgan fingerprint density at radius 1 is 1.25 bits per heavy atom. The minimum absolute atomic E-state index is 0.0658. The molecule has 0 amide bonds. The van der Waals surface area contributed by atoms with Crippen LogP contribution in [0, 0.1) is 5.92 Å². The molecule has 0 radical (unpaired) electrons. The van der Waals surface area contributed by atoms with E-state index in [1.54, 1.807) is 6.92 Å². The van der Waals surface area contributed by atoms with Crippen LogP contribution in [0.5, 0.6) is 0 Å². The van der Waals surface area contributed by atoms with Gasteiger partial charge in [-0.05, 0) is 24.6 Å². The van der Waals surface area contributed by atoms with Crippen LogP contribution in [0.25, 0.3) is 0 Å². The maximum Gasteiger partial charge on any atom is 0.159 e. The highest BCUT2D eigenvalue weighted by atomic mass is 16.5. The minimum atomic E-state index is -0.919. The molecule has 2 rings (SSSR count). The first-order valence-corrected chi connectivity index (χ1v) is 7.19. The molecule has 0 spiro atoms. The van der Waals surface area contributed by atoms with Crippen LogP contribution >= 0.6 is 0 Å². The Hall–Kier alpha value is -1.39. The summed E-state index contributed by atoms with van der Waals surface area (Å²) in [7, 11) is 0. The minimum Gasteiger partial charge on any atom is -0.378 e. The fourth-order valence-electron chi connectivity index (χ4n) is 2.58. The second-order valence-electron chi connectivity index (χ2n) is 5.87. The first-order chi connectivity index (χ1) is 9.43. The highest BCUT2D eigenvalue weighted by Crippen LogP contribution is 2.25. The fourth-order valence-corrected chi connectivity index (χ4v) is 2.58. The number of rotatable bonds is 4. The van der Waals surface area contributed by atoms with Crippen LogP contribution in [0.4, 0.5) is 5.69 Å². The maximum atomic E-state index is 12.2. The molecule has 1 saturated heterocycles. The summed E-state index contributed by atoms with van der Waals surface area (Å²) in [6.45, 7) is 8.91. The van der Waals surface area contributed by atoms with E-state index in [0.717, 1.165) is 37.6 Å². The molecule has 20 heavy (non-hydrogen) atoms. The van der Waals surface area contributed by atoms with Gasteiger partial charge in [0.1, 0.15) is 0 Å². The van der Waals surface area contributed by atoms with Crippen molar-refractivity contribution in [1.29, 1.82) is 0 Å². The summed E-state index contributed by atoms with van der Waals surface area (Å²) in [5, 5.41) is 0. The van der Waals surface area contributed by atoms with E-state index in [4.69, 9.17) is 10.5 Å². The Morgan fingerprint density at radius 2 is 1.80 bits per heavy atom. The lowest BCUT2D eigenvalue weighted by atomic mass is 9.83. The van der Waals surface area contributed by atoms with Crippen LogP contribution in [0.3, 0.4) is 0 Å². The zero-order valence-electron chi connectivity index (χ0n) is 12.6. The normalized spacial score (nSPS) is 18.9. The second-order valence-corrected chi connectivity index (χ2v) is 5.87. The smallest absolute Gasteiger partial charge is 0.159 e. The number of ketones is 1. The van der Waals surface area contributed by atoms with E-state index in [1.165, 1.54) is 0 Å². The molecule has 1 aromatic carbocycles. The lowest BCUT2D eigenvalue weighted by Crippen LogP contribution is -2.44. The molecule has 2 N–H and O–H groups in total. The van der Waals surface area contributed by atoms with Gasteiger partial charge < -0.3 is 15.4 Å². The van der Waals surface area contributed by atoms with Crippen LogP contribution in [0.15, 0.2) is 24.3 Å². The molecule has 0 aliphatic carbocycles. The van der Waals surface area contributed by atoms with Crippen LogP contribution in [-0.4, -0.2) is 32.1 Å². The van der Waals surface area contributed by atoms with Gasteiger partial charge in [0.25, 0.3) is 0 Å². The molecule has 0 bridgehead atoms. The van der Waals surface area contributed by atoms with Crippen molar-refractivity contribution in [2.75, 3.05) is 31.2 Å². The SMILES string of the molecule is CC(C)C(=O)C(C)(N)c1ccc(N2CCOCC2)cc1. The van der Waals surface area contributed by atoms with Crippen LogP contribution < -0.4 is 10.6 Å². The van der Waals surface area contributed by atoms with Gasteiger partial charge in [-0.1, -0.05) is 26.0 Å². The number of carbonyl (C=O) groups excluding carboxylic acids is 1. The molecular weight excluding hydrogens is 252 g/mol. The lowest BCUT2D eigenvalue weighted by molar-refractivity contribution is -0.126. The van der Waals surface area contributed by atoms with Crippen molar-refractivity contribution in [2.24, 2.45) is 11.7 Å². The number of morpholine rings is 1. The van der Waals surface area contributed by atoms with Gasteiger partial charge in [-0.25, -0.2) is 0 Å². The maximum absolute atomic E-state index is 12.2. The second kappa shape index (κ2) is 5.94. The van der Waals surface area contributed by atoms with Crippen molar-refractivity contribution in [3.63, 3.8) is 0 Å². The number of nitrogens with two attached hydrogens (primary N) is 1. The Morgan fingerprint density at radius 3 is 2.30 bits per heavy atom. The first-order valence-electron chi connectivity index (χ1n) is 7.19. The molecular formula is C16H24N2O2. The molecule has 1 aliphatic rings. The molecule has 4 heteroatoms. The number of hydrogen-bond donors (Lipinski definition) is 1. The van der Waals surface area contributed by atoms with Crippen LogP contribution in [0.1, 0.15) is 26.3 Å². The number of benzene rings is 1. The number of nitrogens with zero attached hydrogens (tertiary/aromatic N) is 1. The van der Waals surface area contributed by atoms with Gasteiger partial charge in [-0.2, -0.15) is 0 Å². The van der Waals surface area contributed by atoms with E-state index >= 15 is 0 Å². The zero-order chi connectivity index (χ0) is 14.8. The predicted molar refractivity (Wildman–Crippen MR) is 80.9 cm³/mol. The molecule has 1 fully saturated rings. The molecule has 1 unspecified atom stereocenters. The van der Waals surface area contributed by atoms with Crippen molar-refractivity contribution >= 4 is 11.5 Å². The van der Waals surface area contributed by atoms with Gasteiger partial charge in [0.15, 0.2) is 5.78 Å². The fraction of sp³-hybridized carbons (Fsp3) is 0.562. The average molecular weight is 276 g/mol. The van der Waals surface area contributed by atoms with Gasteiger partial charge in [-0.15, -0.1) is 0 Å². The summed E-state index contributed by atoms with van der Waals surface area (Å²) < 4.78 is 5.35. The molecule has 0 aromatic heterocycles. The van der Waals surface area contributed by atoms with Gasteiger partial charge >= 0.3 is 0 Å². The standard InChI is InChI=1S/C16H24N2O2/c1-12(2)15(19)16(3,17)13-4-6-14(7-5-13)18-8-10-20-11-9-18/h4-7,12H,8-11,17H2,1-3H3. The number of ether oxygens (including phenoxy) is 1. The van der Waals surface area contributed by atoms with Crippen LogP contribution in [-0.2, 0) is 15.1 Å². The van der Waals surface area contributed by atoms with Crippen molar-refractivity contribution < 1.29 is 9.53 Å². The number of carbonyl (C=O) groups is 1. The zero-order valence-corrected chi connectivity index (χ0v) is 12.6. The van der Waals surface area contributed by atoms with E-state index in [1.807, 2.05) is 38.1 Å². The van der Waals surface area contributed by atoms with Crippen molar-refractivity contribution in [3.8, 4) is 0 Å². The Bertz CT molecular complexity index is 460. The molecule has 1 atom stereocenters. The van der Waals surface area contributed by atoms with E-state index in [2.05, 4.69) is 4.90 Å². The Labute approximate surface area is 120 Å². The van der Waals surface area contributed by atoms with Crippen molar-refractivity contribution in [3.05, 3.63) is 29.8 Å². The van der Waals surface area contributed by atoms with Gasteiger partial charge in [0.2, 0.25) is 0 Å². The summed E-state index contributed by atoms with van der Waals surface area (Å²) in [5.74, 6) is 0.000502. The third kappa shape index (κ3) is 3.02. The van der Waals surface area contributed by atoms with Gasteiger partial charge in [-0.3, -0.25) is 4.79 Å². The highest BCUT2D eigenvalue weighted by Gasteiger charge is 2.32. The summed E-state index contributed by atoms with van der Waals surface area (Å²) in [6, 6.07) is 8.01. The summed E-state index contributed by atoms with van der Waals surface area (Å²) in [6.07, 6.45) is 0. The first kappa shape index (κ1) is 15.0. The quantitative estimate of drug-likeness (QED) is 0.913. The van der Waals surface area contributed by atoms with Crippen molar-refractivity contribution in [2.45, 2.75) is 26.3 Å². The summed E-state index contributed by atoms with van der Waals surface area (Å²) in [4.78, 5) is 14.5. The molecule has 1 heterocycles. The third-order valence-corrected chi connectivity index (χ3v) is 3.88. The van der Waals surface area contributed by atoms with E-state index in [-0.39, 0.29) is 11.7 Å². The van der Waals surface area contributed by atoms with Crippen LogP contribution in [0.2, 0.25) is 0 Å². The highest BCUT2D eigenvalue weighted by molar-refractivity contribution is 5.90. The predicted octanol–water partition coefficient (Wildman–Crippen LogP) is 1.92. The number of Topliss-reactive ketones (excluding diaryl/α,β-unsaturated/α-hetero) is 1. The topological polar surface area (TPSA) is 55.6 Å². The number of hydrogen-bond acceptors (Lipinski definition) is 4. The van der Waals surface area contributed by atoms with Crippen molar-refractivity contribution in [1.82, 2.24) is 0 Å². The van der Waals surface area contributed by atoms with E-state index in [9.17, 15) is 4.79 Å². The molecule has 0 saturated carbocycles. The van der Waals surface area contributed by atoms with Gasteiger partial charge in [0, 0.05) is 24.7 Å².